The third-order valence-corrected chi connectivity index (χ3v) is 3.84. The number of hydrogen-bond donors (Lipinski definition) is 2. The molecule has 6 heteroatoms. The van der Waals surface area contributed by atoms with Gasteiger partial charge in [0.05, 0.1) is 18.4 Å². The molecule has 0 aliphatic heterocycles. The fraction of sp³-hybridized carbons (Fsp3) is 0.286. The summed E-state index contributed by atoms with van der Waals surface area (Å²) in [6.45, 7) is 2.33. The lowest BCUT2D eigenvalue weighted by atomic mass is 10.1. The molecule has 0 radical (unpaired) electrons. The largest absolute Gasteiger partial charge is 0.477 e. The molecule has 20 heavy (non-hydrogen) atoms. The van der Waals surface area contributed by atoms with Gasteiger partial charge in [0.1, 0.15) is 10.6 Å². The molecular weight excluding hydrogens is 278 g/mol. The number of carbonyl (C=O) groups excluding carboxylic acids is 1. The lowest BCUT2D eigenvalue weighted by Crippen LogP contribution is -2.22. The maximum atomic E-state index is 12.0. The first-order valence-electron chi connectivity index (χ1n) is 6.28. The van der Waals surface area contributed by atoms with Crippen LogP contribution in [0.3, 0.4) is 0 Å². The van der Waals surface area contributed by atoms with E-state index in [1.165, 1.54) is 12.3 Å². The minimum absolute atomic E-state index is 0.201. The Morgan fingerprint density at radius 2 is 2.15 bits per heavy atom. The van der Waals surface area contributed by atoms with Crippen LogP contribution in [0.25, 0.3) is 0 Å². The molecule has 0 aromatic carbocycles. The maximum absolute atomic E-state index is 12.0. The van der Waals surface area contributed by atoms with Crippen molar-refractivity contribution in [3.8, 4) is 0 Å². The molecule has 0 saturated heterocycles. The van der Waals surface area contributed by atoms with Crippen LogP contribution in [0.2, 0.25) is 0 Å². The predicted octanol–water partition coefficient (Wildman–Crippen LogP) is 2.92. The quantitative estimate of drug-likeness (QED) is 0.858. The molecule has 0 bridgehead atoms. The maximum Gasteiger partial charge on any atom is 0.345 e. The topological polar surface area (TPSA) is 79.5 Å². The average molecular weight is 293 g/mol. The Labute approximate surface area is 120 Å². The van der Waals surface area contributed by atoms with E-state index in [-0.39, 0.29) is 10.8 Å². The van der Waals surface area contributed by atoms with Crippen LogP contribution in [-0.2, 0) is 13.0 Å². The van der Waals surface area contributed by atoms with Gasteiger partial charge < -0.3 is 14.8 Å². The van der Waals surface area contributed by atoms with Crippen molar-refractivity contribution in [2.24, 2.45) is 0 Å². The van der Waals surface area contributed by atoms with Crippen molar-refractivity contribution in [3.63, 3.8) is 0 Å². The molecule has 106 valence electrons. The van der Waals surface area contributed by atoms with Crippen molar-refractivity contribution in [2.45, 2.75) is 26.3 Å². The molecule has 0 aliphatic carbocycles. The number of aromatic carboxylic acids is 1. The zero-order chi connectivity index (χ0) is 14.5. The zero-order valence-corrected chi connectivity index (χ0v) is 11.8. The van der Waals surface area contributed by atoms with E-state index in [4.69, 9.17) is 9.52 Å². The van der Waals surface area contributed by atoms with Crippen LogP contribution in [0.1, 0.15) is 44.0 Å². The minimum atomic E-state index is -0.951. The van der Waals surface area contributed by atoms with Crippen LogP contribution in [0.15, 0.2) is 28.9 Å². The number of thiophene rings is 1. The number of carbonyl (C=O) groups is 2. The first-order chi connectivity index (χ1) is 9.61. The first-order valence-corrected chi connectivity index (χ1v) is 7.10. The van der Waals surface area contributed by atoms with Crippen LogP contribution < -0.4 is 5.32 Å². The Bertz CT molecular complexity index is 614. The van der Waals surface area contributed by atoms with Gasteiger partial charge in [0.25, 0.3) is 5.91 Å². The number of aryl methyl sites for hydroxylation is 1. The van der Waals surface area contributed by atoms with Crippen molar-refractivity contribution < 1.29 is 19.1 Å². The number of rotatable bonds is 6. The molecule has 2 heterocycles. The predicted molar refractivity (Wildman–Crippen MR) is 75.2 cm³/mol. The smallest absolute Gasteiger partial charge is 0.345 e. The summed E-state index contributed by atoms with van der Waals surface area (Å²) in [5.74, 6) is -0.470. The minimum Gasteiger partial charge on any atom is -0.477 e. The SMILES string of the molecule is CCCc1occc1C(=O)NCc1ccc(C(=O)O)s1. The second-order valence-corrected chi connectivity index (χ2v) is 5.43. The second kappa shape index (κ2) is 6.38. The summed E-state index contributed by atoms with van der Waals surface area (Å²) in [5, 5.41) is 11.6. The molecule has 2 N–H and O–H groups in total. The number of carboxylic acids is 1. The van der Waals surface area contributed by atoms with E-state index in [0.717, 1.165) is 29.1 Å². The van der Waals surface area contributed by atoms with E-state index in [0.29, 0.717) is 17.9 Å². The summed E-state index contributed by atoms with van der Waals surface area (Å²) < 4.78 is 5.28. The van der Waals surface area contributed by atoms with Crippen molar-refractivity contribution in [1.82, 2.24) is 5.32 Å². The van der Waals surface area contributed by atoms with Gasteiger partial charge in [0, 0.05) is 11.3 Å². The van der Waals surface area contributed by atoms with Crippen LogP contribution in [0.4, 0.5) is 0 Å². The molecule has 0 saturated carbocycles. The summed E-state index contributed by atoms with van der Waals surface area (Å²) in [5.41, 5.74) is 0.543. The number of amides is 1. The normalized spacial score (nSPS) is 10.4. The summed E-state index contributed by atoms with van der Waals surface area (Å²) in [4.78, 5) is 23.9. The molecule has 1 amide bonds. The van der Waals surface area contributed by atoms with Gasteiger partial charge in [-0.15, -0.1) is 11.3 Å². The van der Waals surface area contributed by atoms with Gasteiger partial charge in [0.15, 0.2) is 0 Å². The highest BCUT2D eigenvalue weighted by molar-refractivity contribution is 7.13. The lowest BCUT2D eigenvalue weighted by Gasteiger charge is -2.03. The lowest BCUT2D eigenvalue weighted by molar-refractivity contribution is 0.0702. The van der Waals surface area contributed by atoms with Crippen molar-refractivity contribution in [3.05, 3.63) is 45.5 Å². The van der Waals surface area contributed by atoms with Gasteiger partial charge in [-0.05, 0) is 24.6 Å². The molecule has 2 aromatic rings. The van der Waals surface area contributed by atoms with E-state index in [2.05, 4.69) is 5.32 Å². The van der Waals surface area contributed by atoms with Gasteiger partial charge >= 0.3 is 5.97 Å². The Hall–Kier alpha value is -2.08. The Morgan fingerprint density at radius 1 is 1.35 bits per heavy atom. The molecule has 0 spiro atoms. The van der Waals surface area contributed by atoms with Crippen molar-refractivity contribution in [1.29, 1.82) is 0 Å². The number of hydrogen-bond acceptors (Lipinski definition) is 4. The summed E-state index contributed by atoms with van der Waals surface area (Å²) in [7, 11) is 0. The van der Waals surface area contributed by atoms with Gasteiger partial charge in [-0.1, -0.05) is 6.92 Å². The first kappa shape index (κ1) is 14.3. The van der Waals surface area contributed by atoms with E-state index < -0.39 is 5.97 Å². The van der Waals surface area contributed by atoms with Crippen LogP contribution in [0, 0.1) is 0 Å². The average Bonchev–Trinajstić information content (AvgIpc) is 3.05. The second-order valence-electron chi connectivity index (χ2n) is 4.26. The highest BCUT2D eigenvalue weighted by Crippen LogP contribution is 2.17. The summed E-state index contributed by atoms with van der Waals surface area (Å²) >= 11 is 1.16. The van der Waals surface area contributed by atoms with Gasteiger partial charge in [-0.25, -0.2) is 4.79 Å². The number of nitrogens with one attached hydrogen (secondary N) is 1. The Kier molecular flexibility index (Phi) is 4.57. The van der Waals surface area contributed by atoms with Crippen LogP contribution >= 0.6 is 11.3 Å². The molecule has 2 aromatic heterocycles. The van der Waals surface area contributed by atoms with Crippen molar-refractivity contribution in [2.75, 3.05) is 0 Å². The van der Waals surface area contributed by atoms with Crippen LogP contribution in [0.5, 0.6) is 0 Å². The van der Waals surface area contributed by atoms with Gasteiger partial charge in [-0.3, -0.25) is 4.79 Å². The standard InChI is InChI=1S/C14H15NO4S/c1-2-3-11-10(6-7-19-11)13(16)15-8-9-4-5-12(20-9)14(17)18/h4-7H,2-3,8H2,1H3,(H,15,16)(H,17,18). The highest BCUT2D eigenvalue weighted by atomic mass is 32.1. The monoisotopic (exact) mass is 293 g/mol. The van der Waals surface area contributed by atoms with E-state index in [9.17, 15) is 9.59 Å². The highest BCUT2D eigenvalue weighted by Gasteiger charge is 2.14. The molecule has 0 unspecified atom stereocenters. The Morgan fingerprint density at radius 3 is 2.80 bits per heavy atom. The molecule has 0 aliphatic rings. The van der Waals surface area contributed by atoms with Gasteiger partial charge in [-0.2, -0.15) is 0 Å². The third-order valence-electron chi connectivity index (χ3n) is 2.76. The summed E-state index contributed by atoms with van der Waals surface area (Å²) in [6, 6.07) is 4.89. The van der Waals surface area contributed by atoms with E-state index in [1.54, 1.807) is 12.1 Å². The number of carboxylic acid groups (broad SMARTS) is 1. The van der Waals surface area contributed by atoms with E-state index in [1.807, 2.05) is 6.92 Å². The third kappa shape index (κ3) is 3.27. The fourth-order valence-corrected chi connectivity index (χ4v) is 2.60. The van der Waals surface area contributed by atoms with Crippen LogP contribution in [-0.4, -0.2) is 17.0 Å². The van der Waals surface area contributed by atoms with Crippen molar-refractivity contribution >= 4 is 23.2 Å². The summed E-state index contributed by atoms with van der Waals surface area (Å²) in [6.07, 6.45) is 3.13. The molecule has 0 fully saturated rings. The molecule has 0 atom stereocenters. The van der Waals surface area contributed by atoms with E-state index >= 15 is 0 Å². The Balaban J connectivity index is 1.97. The molecule has 5 nitrogen and oxygen atoms in total. The fourth-order valence-electron chi connectivity index (χ4n) is 1.81. The number of furan rings is 1. The zero-order valence-electron chi connectivity index (χ0n) is 11.0. The molecule has 2 rings (SSSR count). The molecular formula is C14H15NO4S. The van der Waals surface area contributed by atoms with Gasteiger partial charge in [0.2, 0.25) is 0 Å².